The maximum Gasteiger partial charge on any atom is 0.365 e. The first-order chi connectivity index (χ1) is 6.97. The van der Waals surface area contributed by atoms with Crippen LogP contribution in [0.25, 0.3) is 0 Å². The zero-order valence-corrected chi connectivity index (χ0v) is 9.57. The van der Waals surface area contributed by atoms with E-state index < -0.39 is 22.9 Å². The fraction of sp³-hybridized carbons (Fsp3) is 0.286. The van der Waals surface area contributed by atoms with Crippen LogP contribution in [-0.4, -0.2) is 17.0 Å². The molecule has 0 unspecified atom stereocenters. The SMILES string of the molecule is COc1c(I)cc([N+](=O)[O-])nc1C(F)F. The Morgan fingerprint density at radius 2 is 2.27 bits per heavy atom. The molecule has 0 amide bonds. The highest BCUT2D eigenvalue weighted by molar-refractivity contribution is 14.1. The van der Waals surface area contributed by atoms with Gasteiger partial charge in [-0.2, -0.15) is 0 Å². The van der Waals surface area contributed by atoms with Gasteiger partial charge in [-0.25, -0.2) is 8.78 Å². The first-order valence-electron chi connectivity index (χ1n) is 3.64. The lowest BCUT2D eigenvalue weighted by Gasteiger charge is -2.05. The molecule has 1 aromatic rings. The summed E-state index contributed by atoms with van der Waals surface area (Å²) < 4.78 is 29.9. The van der Waals surface area contributed by atoms with Crippen LogP contribution in [-0.2, 0) is 0 Å². The number of methoxy groups -OCH3 is 1. The van der Waals surface area contributed by atoms with Gasteiger partial charge in [0.25, 0.3) is 5.69 Å². The standard InChI is InChI=1S/C7H5F2IN2O3/c1-15-6-3(10)2-4(12(13)14)11-5(6)7(8)9/h2,7H,1H3. The van der Waals surface area contributed by atoms with Crippen molar-refractivity contribution in [3.8, 4) is 5.75 Å². The van der Waals surface area contributed by atoms with Crippen LogP contribution in [0, 0.1) is 13.7 Å². The van der Waals surface area contributed by atoms with Gasteiger partial charge in [-0.15, -0.1) is 0 Å². The van der Waals surface area contributed by atoms with Gasteiger partial charge in [-0.1, -0.05) is 0 Å². The van der Waals surface area contributed by atoms with Crippen molar-refractivity contribution in [1.82, 2.24) is 4.98 Å². The summed E-state index contributed by atoms with van der Waals surface area (Å²) in [6.45, 7) is 0. The van der Waals surface area contributed by atoms with Gasteiger partial charge in [0, 0.05) is 0 Å². The Morgan fingerprint density at radius 3 is 2.67 bits per heavy atom. The Bertz CT molecular complexity index is 400. The maximum absolute atomic E-state index is 12.5. The quantitative estimate of drug-likeness (QED) is 0.485. The van der Waals surface area contributed by atoms with E-state index in [9.17, 15) is 18.9 Å². The molecule has 0 aliphatic heterocycles. The zero-order valence-electron chi connectivity index (χ0n) is 7.41. The molecule has 0 N–H and O–H groups in total. The van der Waals surface area contributed by atoms with E-state index in [1.807, 2.05) is 0 Å². The van der Waals surface area contributed by atoms with E-state index in [4.69, 9.17) is 4.74 Å². The van der Waals surface area contributed by atoms with Crippen molar-refractivity contribution in [2.75, 3.05) is 7.11 Å². The Balaban J connectivity index is 3.38. The number of halogens is 3. The van der Waals surface area contributed by atoms with Crippen LogP contribution in [0.1, 0.15) is 12.1 Å². The molecule has 1 rings (SSSR count). The summed E-state index contributed by atoms with van der Waals surface area (Å²) in [6, 6.07) is 1.07. The van der Waals surface area contributed by atoms with E-state index in [1.54, 1.807) is 22.6 Å². The first kappa shape index (κ1) is 12.0. The van der Waals surface area contributed by atoms with Gasteiger partial charge in [0.05, 0.1) is 16.7 Å². The lowest BCUT2D eigenvalue weighted by Crippen LogP contribution is -2.02. The van der Waals surface area contributed by atoms with E-state index in [-0.39, 0.29) is 9.32 Å². The van der Waals surface area contributed by atoms with Crippen molar-refractivity contribution >= 4 is 28.4 Å². The molecular formula is C7H5F2IN2O3. The van der Waals surface area contributed by atoms with E-state index in [0.29, 0.717) is 0 Å². The van der Waals surface area contributed by atoms with Gasteiger partial charge in [0.2, 0.25) is 0 Å². The molecule has 0 atom stereocenters. The predicted octanol–water partition coefficient (Wildman–Crippen LogP) is 2.54. The lowest BCUT2D eigenvalue weighted by atomic mass is 10.3. The van der Waals surface area contributed by atoms with Crippen LogP contribution in [0.2, 0.25) is 0 Å². The van der Waals surface area contributed by atoms with Crippen LogP contribution >= 0.6 is 22.6 Å². The Kier molecular flexibility index (Phi) is 3.72. The molecule has 8 heteroatoms. The smallest absolute Gasteiger partial charge is 0.365 e. The average molecular weight is 330 g/mol. The van der Waals surface area contributed by atoms with Crippen LogP contribution in [0.3, 0.4) is 0 Å². The van der Waals surface area contributed by atoms with Gasteiger partial charge in [0.15, 0.2) is 5.75 Å². The Labute approximate surface area is 96.7 Å². The summed E-state index contributed by atoms with van der Waals surface area (Å²) >= 11 is 1.68. The van der Waals surface area contributed by atoms with E-state index in [1.165, 1.54) is 7.11 Å². The van der Waals surface area contributed by atoms with Crippen LogP contribution in [0.4, 0.5) is 14.6 Å². The van der Waals surface area contributed by atoms with Crippen LogP contribution < -0.4 is 4.74 Å². The van der Waals surface area contributed by atoms with Crippen molar-refractivity contribution in [1.29, 1.82) is 0 Å². The summed E-state index contributed by atoms with van der Waals surface area (Å²) in [5.41, 5.74) is -0.712. The van der Waals surface area contributed by atoms with Crippen molar-refractivity contribution < 1.29 is 18.4 Å². The number of aromatic nitrogens is 1. The molecule has 5 nitrogen and oxygen atoms in total. The molecule has 0 aliphatic rings. The number of rotatable bonds is 3. The fourth-order valence-corrected chi connectivity index (χ4v) is 1.73. The molecule has 0 saturated heterocycles. The number of nitrogens with zero attached hydrogens (tertiary/aromatic N) is 2. The summed E-state index contributed by atoms with van der Waals surface area (Å²) in [5.74, 6) is -0.744. The second kappa shape index (κ2) is 4.64. The highest BCUT2D eigenvalue weighted by Gasteiger charge is 2.27. The molecular weight excluding hydrogens is 325 g/mol. The lowest BCUT2D eigenvalue weighted by molar-refractivity contribution is -0.389. The molecule has 0 saturated carbocycles. The van der Waals surface area contributed by atoms with Crippen molar-refractivity contribution in [2.24, 2.45) is 0 Å². The second-order valence-electron chi connectivity index (χ2n) is 2.44. The zero-order chi connectivity index (χ0) is 11.6. The number of ether oxygens (including phenoxy) is 1. The Hall–Kier alpha value is -1.06. The molecule has 82 valence electrons. The third kappa shape index (κ3) is 2.49. The summed E-state index contributed by atoms with van der Waals surface area (Å²) in [7, 11) is 1.21. The van der Waals surface area contributed by atoms with Crippen molar-refractivity contribution in [3.63, 3.8) is 0 Å². The van der Waals surface area contributed by atoms with Crippen molar-refractivity contribution in [2.45, 2.75) is 6.43 Å². The summed E-state index contributed by atoms with van der Waals surface area (Å²) in [4.78, 5) is 12.8. The minimum absolute atomic E-state index is 0.129. The second-order valence-corrected chi connectivity index (χ2v) is 3.60. The molecule has 0 bridgehead atoms. The minimum Gasteiger partial charge on any atom is -0.491 e. The van der Waals surface area contributed by atoms with Crippen LogP contribution in [0.15, 0.2) is 6.07 Å². The highest BCUT2D eigenvalue weighted by atomic mass is 127. The summed E-state index contributed by atoms with van der Waals surface area (Å²) in [6.07, 6.45) is -2.91. The summed E-state index contributed by atoms with van der Waals surface area (Å²) in [5, 5.41) is 10.4. The molecule has 0 aliphatic carbocycles. The Morgan fingerprint density at radius 1 is 1.67 bits per heavy atom. The first-order valence-corrected chi connectivity index (χ1v) is 4.72. The van der Waals surface area contributed by atoms with E-state index in [0.717, 1.165) is 6.07 Å². The fourth-order valence-electron chi connectivity index (χ4n) is 0.951. The maximum atomic E-state index is 12.5. The van der Waals surface area contributed by atoms with E-state index in [2.05, 4.69) is 4.98 Å². The van der Waals surface area contributed by atoms with Gasteiger partial charge < -0.3 is 14.9 Å². The number of hydrogen-bond donors (Lipinski definition) is 0. The predicted molar refractivity (Wildman–Crippen MR) is 55.1 cm³/mol. The minimum atomic E-state index is -2.91. The average Bonchev–Trinajstić information content (AvgIpc) is 2.16. The number of nitro groups is 1. The number of hydrogen-bond acceptors (Lipinski definition) is 4. The third-order valence-corrected chi connectivity index (χ3v) is 2.34. The van der Waals surface area contributed by atoms with Gasteiger partial charge in [0.1, 0.15) is 0 Å². The van der Waals surface area contributed by atoms with E-state index >= 15 is 0 Å². The normalized spacial score (nSPS) is 10.5. The van der Waals surface area contributed by atoms with Crippen LogP contribution in [0.5, 0.6) is 5.75 Å². The molecule has 0 radical (unpaired) electrons. The van der Waals surface area contributed by atoms with Crippen molar-refractivity contribution in [3.05, 3.63) is 25.4 Å². The highest BCUT2D eigenvalue weighted by Crippen LogP contribution is 2.33. The number of alkyl halides is 2. The van der Waals surface area contributed by atoms with Gasteiger partial charge >= 0.3 is 12.2 Å². The largest absolute Gasteiger partial charge is 0.491 e. The van der Waals surface area contributed by atoms with Gasteiger partial charge in [-0.3, -0.25) is 0 Å². The molecule has 1 heterocycles. The monoisotopic (exact) mass is 330 g/mol. The molecule has 1 aromatic heterocycles. The molecule has 0 fully saturated rings. The van der Waals surface area contributed by atoms with Gasteiger partial charge in [-0.05, 0) is 32.5 Å². The molecule has 0 spiro atoms. The molecule has 15 heavy (non-hydrogen) atoms. The topological polar surface area (TPSA) is 65.3 Å². The number of pyridine rings is 1. The molecule has 0 aromatic carbocycles. The third-order valence-electron chi connectivity index (χ3n) is 1.54.